The van der Waals surface area contributed by atoms with Gasteiger partial charge in [0.15, 0.2) is 0 Å². The lowest BCUT2D eigenvalue weighted by atomic mass is 9.85. The number of hydrogen-bond acceptors (Lipinski definition) is 2. The third-order valence-electron chi connectivity index (χ3n) is 2.00. The van der Waals surface area contributed by atoms with Crippen LogP contribution in [0.25, 0.3) is 0 Å². The lowest BCUT2D eigenvalue weighted by molar-refractivity contribution is -0.149. The van der Waals surface area contributed by atoms with E-state index in [1.54, 1.807) is 0 Å². The van der Waals surface area contributed by atoms with E-state index >= 15 is 0 Å². The number of hydrogen-bond donors (Lipinski definition) is 1. The fraction of sp³-hybridized carbons (Fsp3) is 0.889. The Balaban J connectivity index is 2.34. The van der Waals surface area contributed by atoms with E-state index in [2.05, 4.69) is 21.4 Å². The van der Waals surface area contributed by atoms with Crippen molar-refractivity contribution < 1.29 is 9.63 Å². The Morgan fingerprint density at radius 3 is 2.31 bits per heavy atom. The van der Waals surface area contributed by atoms with Crippen molar-refractivity contribution in [1.82, 2.24) is 5.48 Å². The number of halogens is 1. The van der Waals surface area contributed by atoms with Gasteiger partial charge in [0, 0.05) is 0 Å². The average molecular weight is 250 g/mol. The number of carbonyl (C=O) groups is 1. The minimum atomic E-state index is -0.363. The lowest BCUT2D eigenvalue weighted by Gasteiger charge is -2.35. The Bertz CT molecular complexity index is 206. The Labute approximate surface area is 87.3 Å². The molecule has 76 valence electrons. The number of carbonyl (C=O) groups excluding carboxylic acids is 1. The number of nitrogens with one attached hydrogen (secondary N) is 1. The molecular formula is C9H16BrNO2. The van der Waals surface area contributed by atoms with Crippen LogP contribution in [0.3, 0.4) is 0 Å². The van der Waals surface area contributed by atoms with E-state index in [4.69, 9.17) is 4.84 Å². The van der Waals surface area contributed by atoms with Gasteiger partial charge in [0.1, 0.15) is 4.32 Å². The van der Waals surface area contributed by atoms with E-state index in [0.717, 1.165) is 19.3 Å². The SMILES string of the molecule is CC(C)(C)ONC(=O)C1(Br)CCC1. The van der Waals surface area contributed by atoms with Gasteiger partial charge in [-0.1, -0.05) is 15.9 Å². The summed E-state index contributed by atoms with van der Waals surface area (Å²) in [7, 11) is 0. The maximum Gasteiger partial charge on any atom is 0.260 e. The first-order chi connectivity index (χ1) is 5.83. The Morgan fingerprint density at radius 2 is 2.00 bits per heavy atom. The van der Waals surface area contributed by atoms with E-state index in [0.29, 0.717) is 0 Å². The minimum Gasteiger partial charge on any atom is -0.271 e. The van der Waals surface area contributed by atoms with Crippen LogP contribution in [-0.4, -0.2) is 15.8 Å². The monoisotopic (exact) mass is 249 g/mol. The molecule has 1 aliphatic carbocycles. The number of alkyl halides is 1. The largest absolute Gasteiger partial charge is 0.271 e. The van der Waals surface area contributed by atoms with Crippen LogP contribution < -0.4 is 5.48 Å². The molecule has 4 heteroatoms. The van der Waals surface area contributed by atoms with Gasteiger partial charge in [0.25, 0.3) is 5.91 Å². The first-order valence-electron chi connectivity index (χ1n) is 4.51. The Kier molecular flexibility index (Phi) is 3.02. The van der Waals surface area contributed by atoms with Gasteiger partial charge in [-0.05, 0) is 40.0 Å². The van der Waals surface area contributed by atoms with Gasteiger partial charge in [0.05, 0.1) is 5.60 Å². The normalized spacial score (nSPS) is 20.6. The number of amides is 1. The second kappa shape index (κ2) is 3.58. The molecule has 3 nitrogen and oxygen atoms in total. The predicted octanol–water partition coefficient (Wildman–Crippen LogP) is 2.15. The molecule has 1 N–H and O–H groups in total. The average Bonchev–Trinajstić information content (AvgIpc) is 1.94. The predicted molar refractivity (Wildman–Crippen MR) is 54.5 cm³/mol. The molecule has 0 aliphatic heterocycles. The van der Waals surface area contributed by atoms with E-state index in [1.807, 2.05) is 20.8 Å². The van der Waals surface area contributed by atoms with Crippen molar-refractivity contribution in [3.05, 3.63) is 0 Å². The zero-order chi connectivity index (χ0) is 10.1. The molecule has 0 heterocycles. The highest BCUT2D eigenvalue weighted by Gasteiger charge is 2.42. The van der Waals surface area contributed by atoms with Gasteiger partial charge in [-0.25, -0.2) is 5.48 Å². The van der Waals surface area contributed by atoms with Crippen molar-refractivity contribution in [3.63, 3.8) is 0 Å². The Morgan fingerprint density at radius 1 is 1.46 bits per heavy atom. The molecule has 0 spiro atoms. The van der Waals surface area contributed by atoms with Crippen molar-refractivity contribution in [3.8, 4) is 0 Å². The molecule has 1 saturated carbocycles. The van der Waals surface area contributed by atoms with Gasteiger partial charge in [-0.15, -0.1) is 0 Å². The van der Waals surface area contributed by atoms with Crippen LogP contribution in [0.1, 0.15) is 40.0 Å². The van der Waals surface area contributed by atoms with Gasteiger partial charge in [-0.3, -0.25) is 9.63 Å². The minimum absolute atomic E-state index is 0.0614. The maximum absolute atomic E-state index is 11.5. The number of rotatable bonds is 2. The van der Waals surface area contributed by atoms with E-state index in [9.17, 15) is 4.79 Å². The topological polar surface area (TPSA) is 38.3 Å². The highest BCUT2D eigenvalue weighted by Crippen LogP contribution is 2.40. The zero-order valence-corrected chi connectivity index (χ0v) is 9.90. The summed E-state index contributed by atoms with van der Waals surface area (Å²) < 4.78 is -0.363. The van der Waals surface area contributed by atoms with Gasteiger partial charge in [0.2, 0.25) is 0 Å². The molecule has 0 aromatic carbocycles. The van der Waals surface area contributed by atoms with Crippen molar-refractivity contribution >= 4 is 21.8 Å². The van der Waals surface area contributed by atoms with Crippen LogP contribution in [0.4, 0.5) is 0 Å². The molecular weight excluding hydrogens is 234 g/mol. The fourth-order valence-corrected chi connectivity index (χ4v) is 1.65. The summed E-state index contributed by atoms with van der Waals surface area (Å²) in [5, 5.41) is 0. The first kappa shape index (κ1) is 11.0. The highest BCUT2D eigenvalue weighted by molar-refractivity contribution is 9.10. The second-order valence-corrected chi connectivity index (χ2v) is 5.98. The molecule has 0 atom stereocenters. The summed E-state index contributed by atoms with van der Waals surface area (Å²) in [6.45, 7) is 5.69. The number of hydroxylamine groups is 1. The van der Waals surface area contributed by atoms with Crippen LogP contribution in [-0.2, 0) is 9.63 Å². The van der Waals surface area contributed by atoms with Crippen molar-refractivity contribution in [2.24, 2.45) is 0 Å². The maximum atomic E-state index is 11.5. The molecule has 0 aromatic rings. The molecule has 1 aliphatic rings. The summed E-state index contributed by atoms with van der Waals surface area (Å²) >= 11 is 3.41. The fourth-order valence-electron chi connectivity index (χ4n) is 1.01. The molecule has 0 unspecified atom stereocenters. The van der Waals surface area contributed by atoms with E-state index in [-0.39, 0.29) is 15.8 Å². The molecule has 1 amide bonds. The van der Waals surface area contributed by atoms with Crippen molar-refractivity contribution in [1.29, 1.82) is 0 Å². The molecule has 0 aromatic heterocycles. The molecule has 1 rings (SSSR count). The third-order valence-corrected chi connectivity index (χ3v) is 3.16. The molecule has 1 fully saturated rings. The summed E-state index contributed by atoms with van der Waals surface area (Å²) in [5.41, 5.74) is 2.15. The van der Waals surface area contributed by atoms with Crippen LogP contribution in [0, 0.1) is 0 Å². The quantitative estimate of drug-likeness (QED) is 0.602. The third kappa shape index (κ3) is 2.95. The molecule has 0 bridgehead atoms. The summed E-state index contributed by atoms with van der Waals surface area (Å²) in [6.07, 6.45) is 2.90. The summed E-state index contributed by atoms with van der Waals surface area (Å²) in [6, 6.07) is 0. The summed E-state index contributed by atoms with van der Waals surface area (Å²) in [4.78, 5) is 16.7. The second-order valence-electron chi connectivity index (χ2n) is 4.46. The van der Waals surface area contributed by atoms with Crippen LogP contribution >= 0.6 is 15.9 Å². The van der Waals surface area contributed by atoms with Gasteiger partial charge >= 0.3 is 0 Å². The first-order valence-corrected chi connectivity index (χ1v) is 5.30. The van der Waals surface area contributed by atoms with Crippen LogP contribution in [0.2, 0.25) is 0 Å². The molecule has 13 heavy (non-hydrogen) atoms. The van der Waals surface area contributed by atoms with Crippen LogP contribution in [0.5, 0.6) is 0 Å². The Hall–Kier alpha value is -0.0900. The molecule has 0 radical (unpaired) electrons. The van der Waals surface area contributed by atoms with Crippen molar-refractivity contribution in [2.75, 3.05) is 0 Å². The van der Waals surface area contributed by atoms with E-state index in [1.165, 1.54) is 0 Å². The lowest BCUT2D eigenvalue weighted by Crippen LogP contribution is -2.48. The van der Waals surface area contributed by atoms with Gasteiger partial charge < -0.3 is 0 Å². The smallest absolute Gasteiger partial charge is 0.260 e. The van der Waals surface area contributed by atoms with Gasteiger partial charge in [-0.2, -0.15) is 0 Å². The zero-order valence-electron chi connectivity index (χ0n) is 8.32. The highest BCUT2D eigenvalue weighted by atomic mass is 79.9. The van der Waals surface area contributed by atoms with Crippen molar-refractivity contribution in [2.45, 2.75) is 50.0 Å². The summed E-state index contributed by atoms with van der Waals surface area (Å²) in [5.74, 6) is -0.0614. The van der Waals surface area contributed by atoms with E-state index < -0.39 is 0 Å². The standard InChI is InChI=1S/C9H16BrNO2/c1-8(2,3)13-11-7(12)9(10)5-4-6-9/h4-6H2,1-3H3,(H,11,12). The van der Waals surface area contributed by atoms with Crippen LogP contribution in [0.15, 0.2) is 0 Å². The molecule has 0 saturated heterocycles.